The molecule has 1 fully saturated rings. The minimum absolute atomic E-state index is 0.779. The van der Waals surface area contributed by atoms with E-state index in [4.69, 9.17) is 0 Å². The lowest BCUT2D eigenvalue weighted by Crippen LogP contribution is -2.38. The smallest absolute Gasteiger partial charge is 0.0101 e. The van der Waals surface area contributed by atoms with Crippen molar-refractivity contribution < 1.29 is 0 Å². The van der Waals surface area contributed by atoms with E-state index in [-0.39, 0.29) is 0 Å². The molecular formula is C11H24N2S. The Morgan fingerprint density at radius 2 is 2.14 bits per heavy atom. The molecule has 14 heavy (non-hydrogen) atoms. The SMILES string of the molecule is CSC1CCCC(NCCN(C)C)C1. The zero-order valence-corrected chi connectivity index (χ0v) is 10.6. The maximum atomic E-state index is 3.66. The molecule has 1 saturated carbocycles. The van der Waals surface area contributed by atoms with Crippen molar-refractivity contribution in [2.75, 3.05) is 33.4 Å². The van der Waals surface area contributed by atoms with Gasteiger partial charge in [-0.2, -0.15) is 11.8 Å². The molecule has 2 unspecified atom stereocenters. The summed E-state index contributed by atoms with van der Waals surface area (Å²) in [4.78, 5) is 2.24. The first-order valence-corrected chi connectivity index (χ1v) is 6.92. The molecule has 0 aromatic heterocycles. The standard InChI is InChI=1S/C11H24N2S/c1-13(2)8-7-12-10-5-4-6-11(9-10)14-3/h10-12H,4-9H2,1-3H3. The predicted molar refractivity (Wildman–Crippen MR) is 66.1 cm³/mol. The van der Waals surface area contributed by atoms with Gasteiger partial charge in [0.2, 0.25) is 0 Å². The van der Waals surface area contributed by atoms with Crippen LogP contribution in [0.25, 0.3) is 0 Å². The van der Waals surface area contributed by atoms with Crippen molar-refractivity contribution in [3.63, 3.8) is 0 Å². The molecule has 0 aromatic rings. The van der Waals surface area contributed by atoms with Crippen LogP contribution in [0.5, 0.6) is 0 Å². The van der Waals surface area contributed by atoms with Gasteiger partial charge < -0.3 is 10.2 Å². The summed E-state index contributed by atoms with van der Waals surface area (Å²) in [5.41, 5.74) is 0. The van der Waals surface area contributed by atoms with Crippen LogP contribution in [0.15, 0.2) is 0 Å². The summed E-state index contributed by atoms with van der Waals surface area (Å²) >= 11 is 2.04. The van der Waals surface area contributed by atoms with Gasteiger partial charge in [-0.1, -0.05) is 6.42 Å². The molecule has 0 bridgehead atoms. The number of nitrogens with zero attached hydrogens (tertiary/aromatic N) is 1. The molecule has 0 aliphatic heterocycles. The van der Waals surface area contributed by atoms with Crippen LogP contribution in [-0.2, 0) is 0 Å². The summed E-state index contributed by atoms with van der Waals surface area (Å²) in [6.45, 7) is 2.29. The average Bonchev–Trinajstić information content (AvgIpc) is 2.18. The van der Waals surface area contributed by atoms with Gasteiger partial charge in [0.05, 0.1) is 0 Å². The summed E-state index contributed by atoms with van der Waals surface area (Å²) < 4.78 is 0. The Hall–Kier alpha value is 0.270. The Bertz CT molecular complexity index is 150. The van der Waals surface area contributed by atoms with Crippen LogP contribution < -0.4 is 5.32 Å². The minimum Gasteiger partial charge on any atom is -0.313 e. The van der Waals surface area contributed by atoms with E-state index in [2.05, 4.69) is 30.6 Å². The lowest BCUT2D eigenvalue weighted by molar-refractivity contribution is 0.344. The van der Waals surface area contributed by atoms with Crippen LogP contribution in [0.1, 0.15) is 25.7 Å². The van der Waals surface area contributed by atoms with E-state index in [0.717, 1.165) is 24.4 Å². The van der Waals surface area contributed by atoms with Gasteiger partial charge in [-0.05, 0) is 39.6 Å². The zero-order chi connectivity index (χ0) is 10.4. The molecule has 0 radical (unpaired) electrons. The molecule has 84 valence electrons. The maximum Gasteiger partial charge on any atom is 0.0101 e. The maximum absolute atomic E-state index is 3.66. The highest BCUT2D eigenvalue weighted by atomic mass is 32.2. The summed E-state index contributed by atoms with van der Waals surface area (Å²) in [6.07, 6.45) is 7.82. The number of hydrogen-bond donors (Lipinski definition) is 1. The highest BCUT2D eigenvalue weighted by molar-refractivity contribution is 7.99. The Labute approximate surface area is 92.8 Å². The molecule has 1 rings (SSSR count). The summed E-state index contributed by atoms with van der Waals surface area (Å²) in [7, 11) is 4.26. The summed E-state index contributed by atoms with van der Waals surface area (Å²) in [5, 5.41) is 4.57. The minimum atomic E-state index is 0.779. The molecule has 0 aromatic carbocycles. The summed E-state index contributed by atoms with van der Waals surface area (Å²) in [5.74, 6) is 0. The molecule has 0 spiro atoms. The van der Waals surface area contributed by atoms with E-state index >= 15 is 0 Å². The van der Waals surface area contributed by atoms with Gasteiger partial charge in [-0.3, -0.25) is 0 Å². The molecule has 0 amide bonds. The number of rotatable bonds is 5. The van der Waals surface area contributed by atoms with Crippen molar-refractivity contribution in [3.8, 4) is 0 Å². The zero-order valence-electron chi connectivity index (χ0n) is 9.75. The van der Waals surface area contributed by atoms with Gasteiger partial charge >= 0.3 is 0 Å². The topological polar surface area (TPSA) is 15.3 Å². The Morgan fingerprint density at radius 1 is 1.36 bits per heavy atom. The van der Waals surface area contributed by atoms with Gasteiger partial charge in [0.1, 0.15) is 0 Å². The molecular weight excluding hydrogens is 192 g/mol. The molecule has 0 saturated heterocycles. The first kappa shape index (κ1) is 12.3. The first-order valence-electron chi connectivity index (χ1n) is 5.63. The van der Waals surface area contributed by atoms with Crippen LogP contribution in [-0.4, -0.2) is 49.6 Å². The number of hydrogen-bond acceptors (Lipinski definition) is 3. The van der Waals surface area contributed by atoms with Crippen molar-refractivity contribution in [2.24, 2.45) is 0 Å². The monoisotopic (exact) mass is 216 g/mol. The second kappa shape index (κ2) is 6.70. The van der Waals surface area contributed by atoms with Gasteiger partial charge in [-0.15, -0.1) is 0 Å². The number of thioether (sulfide) groups is 1. The van der Waals surface area contributed by atoms with Crippen molar-refractivity contribution >= 4 is 11.8 Å². The summed E-state index contributed by atoms with van der Waals surface area (Å²) in [6, 6.07) is 0.779. The van der Waals surface area contributed by atoms with Gasteiger partial charge in [0.15, 0.2) is 0 Å². The fraction of sp³-hybridized carbons (Fsp3) is 1.00. The fourth-order valence-electron chi connectivity index (χ4n) is 2.04. The number of nitrogens with one attached hydrogen (secondary N) is 1. The van der Waals surface area contributed by atoms with E-state index in [1.807, 2.05) is 11.8 Å². The van der Waals surface area contributed by atoms with Crippen LogP contribution in [0.4, 0.5) is 0 Å². The predicted octanol–water partition coefficient (Wildman–Crippen LogP) is 1.81. The van der Waals surface area contributed by atoms with E-state index in [1.165, 1.54) is 25.7 Å². The van der Waals surface area contributed by atoms with Crippen molar-refractivity contribution in [1.29, 1.82) is 0 Å². The molecule has 0 heterocycles. The molecule has 1 aliphatic rings. The van der Waals surface area contributed by atoms with Crippen LogP contribution in [0.2, 0.25) is 0 Å². The first-order chi connectivity index (χ1) is 6.72. The molecule has 2 atom stereocenters. The highest BCUT2D eigenvalue weighted by Crippen LogP contribution is 2.26. The van der Waals surface area contributed by atoms with Crippen LogP contribution >= 0.6 is 11.8 Å². The van der Waals surface area contributed by atoms with E-state index < -0.39 is 0 Å². The Kier molecular flexibility index (Phi) is 5.90. The van der Waals surface area contributed by atoms with Gasteiger partial charge in [-0.25, -0.2) is 0 Å². The Morgan fingerprint density at radius 3 is 2.79 bits per heavy atom. The second-order valence-corrected chi connectivity index (χ2v) is 5.62. The molecule has 1 aliphatic carbocycles. The highest BCUT2D eigenvalue weighted by Gasteiger charge is 2.20. The second-order valence-electron chi connectivity index (χ2n) is 4.48. The third-order valence-electron chi connectivity index (χ3n) is 2.95. The molecule has 2 nitrogen and oxygen atoms in total. The van der Waals surface area contributed by atoms with E-state index in [0.29, 0.717) is 0 Å². The van der Waals surface area contributed by atoms with E-state index in [9.17, 15) is 0 Å². The average molecular weight is 216 g/mol. The quantitative estimate of drug-likeness (QED) is 0.754. The fourth-order valence-corrected chi connectivity index (χ4v) is 2.86. The van der Waals surface area contributed by atoms with Crippen LogP contribution in [0, 0.1) is 0 Å². The molecule has 1 N–H and O–H groups in total. The lowest BCUT2D eigenvalue weighted by atomic mass is 9.95. The Balaban J connectivity index is 2.11. The van der Waals surface area contributed by atoms with E-state index in [1.54, 1.807) is 0 Å². The van der Waals surface area contributed by atoms with Crippen LogP contribution in [0.3, 0.4) is 0 Å². The van der Waals surface area contributed by atoms with Crippen molar-refractivity contribution in [2.45, 2.75) is 37.0 Å². The van der Waals surface area contributed by atoms with Crippen molar-refractivity contribution in [1.82, 2.24) is 10.2 Å². The van der Waals surface area contributed by atoms with Gasteiger partial charge in [0, 0.05) is 24.4 Å². The van der Waals surface area contributed by atoms with Gasteiger partial charge in [0.25, 0.3) is 0 Å². The number of likely N-dealkylation sites (N-methyl/N-ethyl adjacent to an activating group) is 1. The lowest BCUT2D eigenvalue weighted by Gasteiger charge is -2.29. The van der Waals surface area contributed by atoms with Crippen molar-refractivity contribution in [3.05, 3.63) is 0 Å². The largest absolute Gasteiger partial charge is 0.313 e. The third kappa shape index (κ3) is 4.67. The third-order valence-corrected chi connectivity index (χ3v) is 4.05. The normalized spacial score (nSPS) is 28.3. The molecule has 3 heteroatoms.